The number of rotatable bonds is 5. The number of ether oxygens (including phenoxy) is 3. The first-order valence-electron chi connectivity index (χ1n) is 11.1. The number of anilines is 2. The van der Waals surface area contributed by atoms with Crippen LogP contribution >= 0.6 is 11.6 Å². The third kappa shape index (κ3) is 4.23. The lowest BCUT2D eigenvalue weighted by Crippen LogP contribution is -2.38. The maximum atomic E-state index is 12.1. The monoisotopic (exact) mass is 468 g/mol. The molecule has 2 aliphatic rings. The van der Waals surface area contributed by atoms with Gasteiger partial charge in [-0.3, -0.25) is 4.79 Å². The predicted molar refractivity (Wildman–Crippen MR) is 126 cm³/mol. The van der Waals surface area contributed by atoms with Crippen LogP contribution in [0.4, 0.5) is 11.6 Å². The second-order valence-electron chi connectivity index (χ2n) is 8.20. The van der Waals surface area contributed by atoms with Crippen LogP contribution < -0.4 is 20.1 Å². The summed E-state index contributed by atoms with van der Waals surface area (Å²) in [4.78, 5) is 23.9. The molecule has 8 nitrogen and oxygen atoms in total. The first kappa shape index (κ1) is 21.6. The molecule has 9 heteroatoms. The first-order valence-corrected chi connectivity index (χ1v) is 11.5. The zero-order valence-corrected chi connectivity index (χ0v) is 19.1. The molecule has 0 bridgehead atoms. The third-order valence-electron chi connectivity index (χ3n) is 6.12. The second kappa shape index (κ2) is 8.94. The molecule has 0 atom stereocenters. The van der Waals surface area contributed by atoms with E-state index in [1.54, 1.807) is 6.07 Å². The zero-order chi connectivity index (χ0) is 22.9. The van der Waals surface area contributed by atoms with Crippen LogP contribution in [0.15, 0.2) is 30.3 Å². The van der Waals surface area contributed by atoms with Crippen LogP contribution in [0.2, 0.25) is 5.02 Å². The second-order valence-corrected chi connectivity index (χ2v) is 8.61. The number of esters is 1. The topological polar surface area (TPSA) is 99.8 Å². The molecule has 3 aromatic rings. The molecule has 1 aromatic heterocycles. The van der Waals surface area contributed by atoms with Crippen molar-refractivity contribution in [3.8, 4) is 11.5 Å². The van der Waals surface area contributed by atoms with Crippen molar-refractivity contribution in [2.45, 2.75) is 26.2 Å². The van der Waals surface area contributed by atoms with Gasteiger partial charge in [-0.25, -0.2) is 9.97 Å². The fraction of sp³-hybridized carbons (Fsp3) is 0.375. The van der Waals surface area contributed by atoms with Crippen molar-refractivity contribution in [2.24, 2.45) is 5.92 Å². The number of halogens is 1. The largest absolute Gasteiger partial charge is 0.466 e. The van der Waals surface area contributed by atoms with Gasteiger partial charge in [0.25, 0.3) is 0 Å². The van der Waals surface area contributed by atoms with Crippen molar-refractivity contribution in [1.29, 1.82) is 0 Å². The van der Waals surface area contributed by atoms with Crippen molar-refractivity contribution < 1.29 is 19.0 Å². The minimum atomic E-state index is -0.123. The van der Waals surface area contributed by atoms with E-state index in [-0.39, 0.29) is 18.7 Å². The molecular formula is C24H25ClN4O4. The van der Waals surface area contributed by atoms with Gasteiger partial charge in [0.2, 0.25) is 12.7 Å². The van der Waals surface area contributed by atoms with Crippen LogP contribution in [0.1, 0.15) is 31.0 Å². The number of carbonyl (C=O) groups excluding carboxylic acids is 1. The van der Waals surface area contributed by atoms with Crippen LogP contribution in [0.5, 0.6) is 11.5 Å². The van der Waals surface area contributed by atoms with Crippen LogP contribution in [0.3, 0.4) is 0 Å². The van der Waals surface area contributed by atoms with Gasteiger partial charge in [0, 0.05) is 24.9 Å². The molecule has 3 heterocycles. The normalized spacial score (nSPS) is 15.8. The van der Waals surface area contributed by atoms with Gasteiger partial charge in [0.1, 0.15) is 0 Å². The Morgan fingerprint density at radius 3 is 2.76 bits per heavy atom. The van der Waals surface area contributed by atoms with Gasteiger partial charge in [0.05, 0.1) is 34.4 Å². The summed E-state index contributed by atoms with van der Waals surface area (Å²) in [5.74, 6) is 1.88. The number of hydrogen-bond donors (Lipinski definition) is 1. The summed E-state index contributed by atoms with van der Waals surface area (Å²) in [6.07, 6.45) is 1.95. The van der Waals surface area contributed by atoms with E-state index >= 15 is 0 Å². The molecule has 2 N–H and O–H groups in total. The Hall–Kier alpha value is -3.26. The van der Waals surface area contributed by atoms with Crippen LogP contribution in [0, 0.1) is 5.92 Å². The average Bonchev–Trinajstić information content (AvgIpc) is 3.29. The minimum Gasteiger partial charge on any atom is -0.466 e. The summed E-state index contributed by atoms with van der Waals surface area (Å²) in [6, 6.07) is 9.48. The number of hydrogen-bond acceptors (Lipinski definition) is 8. The van der Waals surface area contributed by atoms with E-state index < -0.39 is 0 Å². The Balaban J connectivity index is 1.47. The standard InChI is InChI=1S/C24H25ClN4O4/c1-2-31-23(30)15-7-9-29(10-8-15)24-27-17-5-4-16(25)22(26)21(17)18(28-24)11-14-3-6-19-20(12-14)33-13-32-19/h3-6,12,15H,2,7-11,13,26H2,1H3. The summed E-state index contributed by atoms with van der Waals surface area (Å²) in [6.45, 7) is 3.82. The van der Waals surface area contributed by atoms with Gasteiger partial charge in [-0.2, -0.15) is 0 Å². The number of piperidine rings is 1. The molecule has 0 amide bonds. The summed E-state index contributed by atoms with van der Waals surface area (Å²) in [5, 5.41) is 1.23. The van der Waals surface area contributed by atoms with Gasteiger partial charge in [-0.15, -0.1) is 0 Å². The highest BCUT2D eigenvalue weighted by atomic mass is 35.5. The van der Waals surface area contributed by atoms with Crippen LogP contribution in [-0.2, 0) is 16.0 Å². The Bertz CT molecular complexity index is 1210. The number of fused-ring (bicyclic) bond motifs is 2. The molecule has 0 radical (unpaired) electrons. The lowest BCUT2D eigenvalue weighted by Gasteiger charge is -2.31. The average molecular weight is 469 g/mol. The van der Waals surface area contributed by atoms with Gasteiger partial charge in [-0.05, 0) is 49.6 Å². The fourth-order valence-electron chi connectivity index (χ4n) is 4.38. The van der Waals surface area contributed by atoms with Crippen molar-refractivity contribution in [3.63, 3.8) is 0 Å². The molecule has 0 saturated carbocycles. The minimum absolute atomic E-state index is 0.0794. The Morgan fingerprint density at radius 1 is 1.18 bits per heavy atom. The van der Waals surface area contributed by atoms with E-state index in [1.807, 2.05) is 31.2 Å². The number of carbonyl (C=O) groups is 1. The lowest BCUT2D eigenvalue weighted by atomic mass is 9.97. The molecule has 5 rings (SSSR count). The Labute approximate surface area is 196 Å². The Kier molecular flexibility index (Phi) is 5.85. The molecule has 1 saturated heterocycles. The van der Waals surface area contributed by atoms with Crippen molar-refractivity contribution in [1.82, 2.24) is 9.97 Å². The van der Waals surface area contributed by atoms with Gasteiger partial charge in [-0.1, -0.05) is 17.7 Å². The first-order chi connectivity index (χ1) is 16.0. The maximum absolute atomic E-state index is 12.1. The Morgan fingerprint density at radius 2 is 1.97 bits per heavy atom. The third-order valence-corrected chi connectivity index (χ3v) is 6.45. The fourth-order valence-corrected chi connectivity index (χ4v) is 4.53. The van der Waals surface area contributed by atoms with Crippen LogP contribution in [-0.4, -0.2) is 42.4 Å². The highest BCUT2D eigenvalue weighted by Crippen LogP contribution is 2.36. The quantitative estimate of drug-likeness (QED) is 0.443. The molecular weight excluding hydrogens is 444 g/mol. The molecule has 33 heavy (non-hydrogen) atoms. The number of aromatic nitrogens is 2. The van der Waals surface area contributed by atoms with E-state index in [1.165, 1.54) is 0 Å². The van der Waals surface area contributed by atoms with Crippen molar-refractivity contribution >= 4 is 40.1 Å². The van der Waals surface area contributed by atoms with Crippen LogP contribution in [0.25, 0.3) is 10.9 Å². The molecule has 2 aromatic carbocycles. The lowest BCUT2D eigenvalue weighted by molar-refractivity contribution is -0.148. The highest BCUT2D eigenvalue weighted by molar-refractivity contribution is 6.34. The maximum Gasteiger partial charge on any atom is 0.309 e. The smallest absolute Gasteiger partial charge is 0.309 e. The highest BCUT2D eigenvalue weighted by Gasteiger charge is 2.28. The molecule has 2 aliphatic heterocycles. The van der Waals surface area contributed by atoms with Gasteiger partial charge >= 0.3 is 5.97 Å². The van der Waals surface area contributed by atoms with E-state index in [9.17, 15) is 4.79 Å². The number of nitrogen functional groups attached to an aromatic ring is 1. The van der Waals surface area contributed by atoms with Gasteiger partial charge in [0.15, 0.2) is 11.5 Å². The van der Waals surface area contributed by atoms with Crippen molar-refractivity contribution in [3.05, 3.63) is 46.6 Å². The molecule has 0 unspecified atom stereocenters. The summed E-state index contributed by atoms with van der Waals surface area (Å²) in [7, 11) is 0. The number of benzene rings is 2. The SMILES string of the molecule is CCOC(=O)C1CCN(c2nc(Cc3ccc4c(c3)OCO4)c3c(N)c(Cl)ccc3n2)CC1. The van der Waals surface area contributed by atoms with E-state index in [0.29, 0.717) is 55.6 Å². The molecule has 172 valence electrons. The van der Waals surface area contributed by atoms with E-state index in [0.717, 1.165) is 33.7 Å². The summed E-state index contributed by atoms with van der Waals surface area (Å²) >= 11 is 6.33. The molecule has 1 fully saturated rings. The number of nitrogens with two attached hydrogens (primary N) is 1. The van der Waals surface area contributed by atoms with E-state index in [2.05, 4.69) is 4.90 Å². The predicted octanol–water partition coefficient (Wildman–Crippen LogP) is 3.96. The van der Waals surface area contributed by atoms with Crippen molar-refractivity contribution in [2.75, 3.05) is 37.1 Å². The molecule has 0 spiro atoms. The molecule has 0 aliphatic carbocycles. The summed E-state index contributed by atoms with van der Waals surface area (Å²) < 4.78 is 16.1. The summed E-state index contributed by atoms with van der Waals surface area (Å²) in [5.41, 5.74) is 9.37. The van der Waals surface area contributed by atoms with Gasteiger partial charge < -0.3 is 24.8 Å². The number of nitrogens with zero attached hydrogens (tertiary/aromatic N) is 3. The van der Waals surface area contributed by atoms with E-state index in [4.69, 9.17) is 41.5 Å². The zero-order valence-electron chi connectivity index (χ0n) is 18.3.